The third-order valence-electron chi connectivity index (χ3n) is 0.221. The Kier molecular flexibility index (Phi) is 2.88. The first-order valence-electron chi connectivity index (χ1n) is 1.49. The number of hydrogen-bond donors (Lipinski definition) is 0. The Labute approximate surface area is 52.2 Å². The molecule has 0 atom stereocenters. The van der Waals surface area contributed by atoms with Crippen molar-refractivity contribution in [3.8, 4) is 0 Å². The summed E-state index contributed by atoms with van der Waals surface area (Å²) in [5.41, 5.74) is 0. The van der Waals surface area contributed by atoms with Gasteiger partial charge < -0.3 is 4.74 Å². The van der Waals surface area contributed by atoms with E-state index in [1.54, 1.807) is 0 Å². The van der Waals surface area contributed by atoms with Crippen molar-refractivity contribution in [1.82, 2.24) is 0 Å². The van der Waals surface area contributed by atoms with Crippen LogP contribution in [0.25, 0.3) is 0 Å². The number of ether oxygens (including phenoxy) is 1. The van der Waals surface area contributed by atoms with E-state index in [-0.39, 0.29) is 10.4 Å². The molecular weight excluding hydrogens is 135 g/mol. The second kappa shape index (κ2) is 2.94. The first kappa shape index (κ1) is 6.86. The Bertz CT molecular complexity index is 85.9. The maximum absolute atomic E-state index is 5.11. The molecule has 0 spiro atoms. The van der Waals surface area contributed by atoms with Gasteiger partial charge in [0.25, 0.3) is 0 Å². The lowest BCUT2D eigenvalue weighted by Gasteiger charge is -1.94. The van der Waals surface area contributed by atoms with Crippen LogP contribution < -0.4 is 0 Å². The summed E-state index contributed by atoms with van der Waals surface area (Å²) in [7, 11) is 0. The van der Waals surface area contributed by atoms with Gasteiger partial charge in [-0.15, -0.1) is 0 Å². The van der Waals surface area contributed by atoms with Gasteiger partial charge in [0.05, 0.1) is 0 Å². The topological polar surface area (TPSA) is 9.23 Å². The predicted molar refractivity (Wildman–Crippen MR) is 31.1 cm³/mol. The van der Waals surface area contributed by atoms with Gasteiger partial charge in [0, 0.05) is 0 Å². The van der Waals surface area contributed by atoms with E-state index < -0.39 is 0 Å². The summed E-state index contributed by atoms with van der Waals surface area (Å²) in [6, 6.07) is 0. The summed E-state index contributed by atoms with van der Waals surface area (Å²) in [6.07, 6.45) is 0. The molecular formula is C4H4Cl2O. The molecule has 0 aliphatic carbocycles. The van der Waals surface area contributed by atoms with E-state index in [1.165, 1.54) is 0 Å². The summed E-state index contributed by atoms with van der Waals surface area (Å²) < 4.78 is 4.39. The van der Waals surface area contributed by atoms with E-state index in [0.29, 0.717) is 0 Å². The fraction of sp³-hybridized carbons (Fsp3) is 0. The molecule has 0 radical (unpaired) electrons. The van der Waals surface area contributed by atoms with E-state index in [1.807, 2.05) is 0 Å². The van der Waals surface area contributed by atoms with Gasteiger partial charge in [-0.1, -0.05) is 0 Å². The van der Waals surface area contributed by atoms with Gasteiger partial charge in [-0.05, 0) is 36.4 Å². The van der Waals surface area contributed by atoms with Crippen molar-refractivity contribution in [2.45, 2.75) is 0 Å². The fourth-order valence-corrected chi connectivity index (χ4v) is 0.346. The van der Waals surface area contributed by atoms with Crippen LogP contribution in [0.1, 0.15) is 0 Å². The van der Waals surface area contributed by atoms with Crippen LogP contribution in [0, 0.1) is 0 Å². The highest BCUT2D eigenvalue weighted by Crippen LogP contribution is 2.08. The zero-order valence-electron chi connectivity index (χ0n) is 3.58. The van der Waals surface area contributed by atoms with E-state index in [2.05, 4.69) is 17.9 Å². The minimum atomic E-state index is 0.0278. The Balaban J connectivity index is 3.32. The van der Waals surface area contributed by atoms with Crippen molar-refractivity contribution in [3.05, 3.63) is 23.6 Å². The second-order valence-corrected chi connectivity index (χ2v) is 1.66. The molecule has 0 amide bonds. The van der Waals surface area contributed by atoms with Crippen molar-refractivity contribution in [2.24, 2.45) is 0 Å². The summed E-state index contributed by atoms with van der Waals surface area (Å²) >= 11 is 10.2. The van der Waals surface area contributed by atoms with Gasteiger partial charge >= 0.3 is 0 Å². The minimum Gasteiger partial charge on any atom is -0.435 e. The van der Waals surface area contributed by atoms with Gasteiger partial charge in [0.1, 0.15) is 0 Å². The zero-order chi connectivity index (χ0) is 5.86. The summed E-state index contributed by atoms with van der Waals surface area (Å²) in [5.74, 6) is 0. The molecule has 0 heterocycles. The number of hydrogen-bond acceptors (Lipinski definition) is 1. The van der Waals surface area contributed by atoms with Crippen LogP contribution in [0.5, 0.6) is 0 Å². The summed E-state index contributed by atoms with van der Waals surface area (Å²) in [6.45, 7) is 6.39. The Morgan fingerprint density at radius 2 is 1.43 bits per heavy atom. The van der Waals surface area contributed by atoms with Crippen molar-refractivity contribution in [3.63, 3.8) is 0 Å². The smallest absolute Gasteiger partial charge is 0.187 e. The summed E-state index contributed by atoms with van der Waals surface area (Å²) in [5, 5.41) is 0.0556. The maximum atomic E-state index is 5.11. The Morgan fingerprint density at radius 3 is 1.43 bits per heavy atom. The first-order valence-corrected chi connectivity index (χ1v) is 2.25. The van der Waals surface area contributed by atoms with Crippen LogP contribution in [0.3, 0.4) is 0 Å². The van der Waals surface area contributed by atoms with Crippen molar-refractivity contribution >= 4 is 23.2 Å². The quantitative estimate of drug-likeness (QED) is 0.533. The molecule has 1 nitrogen and oxygen atoms in total. The third-order valence-corrected chi connectivity index (χ3v) is 0.376. The molecule has 0 aromatic heterocycles. The van der Waals surface area contributed by atoms with Gasteiger partial charge in [0.15, 0.2) is 10.4 Å². The average molecular weight is 139 g/mol. The van der Waals surface area contributed by atoms with Gasteiger partial charge in [-0.3, -0.25) is 0 Å². The van der Waals surface area contributed by atoms with Crippen LogP contribution in [-0.2, 0) is 4.74 Å². The Morgan fingerprint density at radius 1 is 1.14 bits per heavy atom. The van der Waals surface area contributed by atoms with Crippen LogP contribution >= 0.6 is 23.2 Å². The maximum Gasteiger partial charge on any atom is 0.187 e. The van der Waals surface area contributed by atoms with Crippen LogP contribution in [0.4, 0.5) is 0 Å². The molecule has 0 saturated carbocycles. The monoisotopic (exact) mass is 138 g/mol. The normalized spacial score (nSPS) is 7.71. The highest BCUT2D eigenvalue weighted by molar-refractivity contribution is 6.30. The molecule has 0 N–H and O–H groups in total. The van der Waals surface area contributed by atoms with Gasteiger partial charge in [0.2, 0.25) is 0 Å². The molecule has 0 unspecified atom stereocenters. The van der Waals surface area contributed by atoms with E-state index in [0.717, 1.165) is 0 Å². The molecule has 0 aliphatic heterocycles. The zero-order valence-corrected chi connectivity index (χ0v) is 5.09. The number of halogens is 2. The lowest BCUT2D eigenvalue weighted by Crippen LogP contribution is -1.73. The van der Waals surface area contributed by atoms with Crippen molar-refractivity contribution in [1.29, 1.82) is 0 Å². The van der Waals surface area contributed by atoms with E-state index >= 15 is 0 Å². The van der Waals surface area contributed by atoms with Crippen LogP contribution in [0.2, 0.25) is 0 Å². The molecule has 0 saturated heterocycles. The SMILES string of the molecule is C=C(Cl)OC(=C)Cl. The van der Waals surface area contributed by atoms with Crippen molar-refractivity contribution < 1.29 is 4.74 Å². The minimum absolute atomic E-state index is 0.0278. The molecule has 0 aromatic carbocycles. The van der Waals surface area contributed by atoms with Gasteiger partial charge in [-0.25, -0.2) is 0 Å². The highest BCUT2D eigenvalue weighted by Gasteiger charge is 1.86. The first-order chi connectivity index (χ1) is 3.13. The highest BCUT2D eigenvalue weighted by atomic mass is 35.5. The molecule has 0 aromatic rings. The lowest BCUT2D eigenvalue weighted by molar-refractivity contribution is 0.371. The molecule has 3 heteroatoms. The molecule has 0 bridgehead atoms. The molecule has 7 heavy (non-hydrogen) atoms. The largest absolute Gasteiger partial charge is 0.435 e. The van der Waals surface area contributed by atoms with E-state index in [9.17, 15) is 0 Å². The molecule has 40 valence electrons. The molecule has 0 fully saturated rings. The standard InChI is InChI=1S/C4H4Cl2O/c1-3(5)7-4(2)6/h1-2H2. The summed E-state index contributed by atoms with van der Waals surface area (Å²) in [4.78, 5) is 0. The predicted octanol–water partition coefficient (Wildman–Crippen LogP) is 2.42. The second-order valence-electron chi connectivity index (χ2n) is 0.812. The molecule has 0 aliphatic rings. The van der Waals surface area contributed by atoms with Gasteiger partial charge in [-0.2, -0.15) is 0 Å². The Hall–Kier alpha value is -0.140. The van der Waals surface area contributed by atoms with Crippen molar-refractivity contribution in [2.75, 3.05) is 0 Å². The fourth-order valence-electron chi connectivity index (χ4n) is 0.120. The third kappa shape index (κ3) is 5.86. The van der Waals surface area contributed by atoms with Crippen LogP contribution in [-0.4, -0.2) is 0 Å². The van der Waals surface area contributed by atoms with E-state index in [4.69, 9.17) is 23.2 Å². The lowest BCUT2D eigenvalue weighted by atomic mass is 11.0. The average Bonchev–Trinajstić information content (AvgIpc) is 1.27. The molecule has 0 rings (SSSR count). The number of rotatable bonds is 2. The van der Waals surface area contributed by atoms with Crippen LogP contribution in [0.15, 0.2) is 23.6 Å².